The first-order chi connectivity index (χ1) is 9.66. The van der Waals surface area contributed by atoms with Gasteiger partial charge < -0.3 is 0 Å². The van der Waals surface area contributed by atoms with Gasteiger partial charge in [0.15, 0.2) is 5.17 Å². The number of aliphatic imine (C=N–C) groups is 1. The highest BCUT2D eigenvalue weighted by Crippen LogP contribution is 2.29. The lowest BCUT2D eigenvalue weighted by Gasteiger charge is -2.00. The number of amidine groups is 1. The Kier molecular flexibility index (Phi) is 3.58. The molecule has 1 heterocycles. The van der Waals surface area contributed by atoms with Crippen LogP contribution < -0.4 is 0 Å². The van der Waals surface area contributed by atoms with Crippen molar-refractivity contribution >= 4 is 32.3 Å². The smallest absolute Gasteiger partial charge is 0.198 e. The molecule has 102 valence electrons. The summed E-state index contributed by atoms with van der Waals surface area (Å²) >= 11 is 1.36. The van der Waals surface area contributed by atoms with Gasteiger partial charge in [-0.1, -0.05) is 30.0 Å². The third-order valence-electron chi connectivity index (χ3n) is 2.74. The van der Waals surface area contributed by atoms with Crippen LogP contribution in [0.15, 0.2) is 68.8 Å². The summed E-state index contributed by atoms with van der Waals surface area (Å²) < 4.78 is 29.8. The fourth-order valence-corrected chi connectivity index (χ4v) is 5.28. The first-order valence-electron chi connectivity index (χ1n) is 5.93. The van der Waals surface area contributed by atoms with E-state index in [9.17, 15) is 8.60 Å². The van der Waals surface area contributed by atoms with E-state index in [4.69, 9.17) is 0 Å². The van der Waals surface area contributed by atoms with Crippen molar-refractivity contribution in [2.75, 3.05) is 5.08 Å². The standard InChI is InChI=1S/C14H11FN2OS2/c15-11-6-8-12(9-7-11)16-14-17-20(18,10-19-14)13-4-2-1-3-5-13/h1-9H,10H2. The van der Waals surface area contributed by atoms with Crippen molar-refractivity contribution in [3.05, 3.63) is 60.4 Å². The van der Waals surface area contributed by atoms with Gasteiger partial charge in [-0.3, -0.25) is 0 Å². The second-order valence-corrected chi connectivity index (χ2v) is 7.71. The second-order valence-electron chi connectivity index (χ2n) is 4.18. The van der Waals surface area contributed by atoms with E-state index < -0.39 is 9.73 Å². The molecule has 1 aliphatic rings. The summed E-state index contributed by atoms with van der Waals surface area (Å²) in [6.07, 6.45) is 0. The van der Waals surface area contributed by atoms with Crippen LogP contribution in [0.1, 0.15) is 0 Å². The summed E-state index contributed by atoms with van der Waals surface area (Å²) in [5, 5.41) is 0.877. The molecule has 0 saturated carbocycles. The van der Waals surface area contributed by atoms with Gasteiger partial charge in [0.2, 0.25) is 0 Å². The summed E-state index contributed by atoms with van der Waals surface area (Å²) in [5.74, 6) is -0.307. The lowest BCUT2D eigenvalue weighted by atomic mass is 10.3. The number of benzene rings is 2. The van der Waals surface area contributed by atoms with Crippen LogP contribution in [0, 0.1) is 5.82 Å². The second kappa shape index (κ2) is 5.38. The zero-order valence-electron chi connectivity index (χ0n) is 10.4. The summed E-state index contributed by atoms with van der Waals surface area (Å²) in [4.78, 5) is 5.01. The highest BCUT2D eigenvalue weighted by Gasteiger charge is 2.22. The monoisotopic (exact) mass is 306 g/mol. The molecular weight excluding hydrogens is 295 g/mol. The molecule has 0 aliphatic carbocycles. The zero-order chi connectivity index (χ0) is 14.0. The topological polar surface area (TPSA) is 41.8 Å². The first-order valence-corrected chi connectivity index (χ1v) is 8.60. The molecule has 0 bridgehead atoms. The van der Waals surface area contributed by atoms with Crippen LogP contribution in [0.4, 0.5) is 10.1 Å². The van der Waals surface area contributed by atoms with Crippen LogP contribution in [0.3, 0.4) is 0 Å². The molecule has 2 aromatic carbocycles. The molecule has 0 spiro atoms. The van der Waals surface area contributed by atoms with E-state index in [2.05, 4.69) is 9.36 Å². The molecule has 0 aromatic heterocycles. The molecular formula is C14H11FN2OS2. The summed E-state index contributed by atoms with van der Waals surface area (Å²) in [6.45, 7) is 0. The number of thioether (sulfide) groups is 1. The largest absolute Gasteiger partial charge is 0.243 e. The maximum Gasteiger partial charge on any atom is 0.198 e. The third-order valence-corrected chi connectivity index (χ3v) is 6.52. The van der Waals surface area contributed by atoms with Gasteiger partial charge in [0.1, 0.15) is 5.82 Å². The Hall–Kier alpha value is -1.66. The molecule has 0 amide bonds. The molecule has 3 rings (SSSR count). The molecule has 3 nitrogen and oxygen atoms in total. The predicted octanol–water partition coefficient (Wildman–Crippen LogP) is 4.04. The van der Waals surface area contributed by atoms with Crippen molar-refractivity contribution in [1.29, 1.82) is 0 Å². The maximum absolute atomic E-state index is 12.8. The van der Waals surface area contributed by atoms with Gasteiger partial charge in [0.05, 0.1) is 20.5 Å². The maximum atomic E-state index is 12.8. The Balaban J connectivity index is 1.95. The van der Waals surface area contributed by atoms with E-state index >= 15 is 0 Å². The van der Waals surface area contributed by atoms with Gasteiger partial charge in [-0.25, -0.2) is 13.6 Å². The van der Waals surface area contributed by atoms with Crippen molar-refractivity contribution in [2.24, 2.45) is 9.36 Å². The molecule has 0 saturated heterocycles. The van der Waals surface area contributed by atoms with Crippen LogP contribution in [0.5, 0.6) is 0 Å². The van der Waals surface area contributed by atoms with Crippen LogP contribution in [-0.4, -0.2) is 14.5 Å². The summed E-state index contributed by atoms with van der Waals surface area (Å²) in [7, 11) is -2.43. The van der Waals surface area contributed by atoms with E-state index in [1.165, 1.54) is 23.9 Å². The molecule has 6 heteroatoms. The molecule has 1 aliphatic heterocycles. The van der Waals surface area contributed by atoms with Crippen molar-refractivity contribution in [3.8, 4) is 0 Å². The molecule has 20 heavy (non-hydrogen) atoms. The molecule has 0 radical (unpaired) electrons. The Morgan fingerprint density at radius 3 is 2.50 bits per heavy atom. The summed E-state index contributed by atoms with van der Waals surface area (Å²) in [6, 6.07) is 15.0. The lowest BCUT2D eigenvalue weighted by Crippen LogP contribution is -1.98. The molecule has 1 atom stereocenters. The van der Waals surface area contributed by atoms with E-state index in [1.807, 2.05) is 30.3 Å². The van der Waals surface area contributed by atoms with Crippen LogP contribution in [-0.2, 0) is 9.73 Å². The van der Waals surface area contributed by atoms with Crippen LogP contribution in [0.2, 0.25) is 0 Å². The normalized spacial score (nSPS) is 23.8. The van der Waals surface area contributed by atoms with E-state index in [1.54, 1.807) is 12.1 Å². The average molecular weight is 306 g/mol. The average Bonchev–Trinajstić information content (AvgIpc) is 2.85. The minimum absolute atomic E-state index is 0.307. The third kappa shape index (κ3) is 2.76. The Morgan fingerprint density at radius 2 is 1.80 bits per heavy atom. The quantitative estimate of drug-likeness (QED) is 0.840. The van der Waals surface area contributed by atoms with E-state index in [-0.39, 0.29) is 5.82 Å². The van der Waals surface area contributed by atoms with Crippen molar-refractivity contribution in [3.63, 3.8) is 0 Å². The molecule has 0 N–H and O–H groups in total. The van der Waals surface area contributed by atoms with Gasteiger partial charge in [-0.2, -0.15) is 4.36 Å². The zero-order valence-corrected chi connectivity index (χ0v) is 12.0. The van der Waals surface area contributed by atoms with Crippen LogP contribution in [0.25, 0.3) is 0 Å². The van der Waals surface area contributed by atoms with Gasteiger partial charge in [-0.05, 0) is 36.4 Å². The van der Waals surface area contributed by atoms with Crippen molar-refractivity contribution < 1.29 is 8.60 Å². The van der Waals surface area contributed by atoms with Gasteiger partial charge in [-0.15, -0.1) is 0 Å². The number of halogens is 1. The summed E-state index contributed by atoms with van der Waals surface area (Å²) in [5.41, 5.74) is 0.606. The Morgan fingerprint density at radius 1 is 1.10 bits per heavy atom. The Labute approximate surface area is 121 Å². The van der Waals surface area contributed by atoms with Crippen molar-refractivity contribution in [1.82, 2.24) is 0 Å². The highest BCUT2D eigenvalue weighted by molar-refractivity contribution is 8.25. The van der Waals surface area contributed by atoms with Gasteiger partial charge in [0, 0.05) is 4.90 Å². The Bertz CT molecular complexity index is 764. The van der Waals surface area contributed by atoms with Gasteiger partial charge >= 0.3 is 0 Å². The lowest BCUT2D eigenvalue weighted by molar-refractivity contribution is 0.628. The minimum atomic E-state index is -2.43. The van der Waals surface area contributed by atoms with Crippen molar-refractivity contribution in [2.45, 2.75) is 4.90 Å². The van der Waals surface area contributed by atoms with E-state index in [0.717, 1.165) is 4.90 Å². The number of nitrogens with zero attached hydrogens (tertiary/aromatic N) is 2. The predicted molar refractivity (Wildman–Crippen MR) is 81.2 cm³/mol. The number of hydrogen-bond donors (Lipinski definition) is 0. The molecule has 1 unspecified atom stereocenters. The fourth-order valence-electron chi connectivity index (χ4n) is 1.74. The minimum Gasteiger partial charge on any atom is -0.243 e. The fraction of sp³-hybridized carbons (Fsp3) is 0.0714. The number of hydrogen-bond acceptors (Lipinski definition) is 3. The van der Waals surface area contributed by atoms with E-state index in [0.29, 0.717) is 15.9 Å². The SMILES string of the molecule is O=S1(c2ccccc2)=NC(=Nc2ccc(F)cc2)SC1. The molecule has 2 aromatic rings. The van der Waals surface area contributed by atoms with Gasteiger partial charge in [0.25, 0.3) is 0 Å². The molecule has 0 fully saturated rings. The highest BCUT2D eigenvalue weighted by atomic mass is 32.3. The first kappa shape index (κ1) is 13.3. The van der Waals surface area contributed by atoms with Crippen LogP contribution >= 0.6 is 11.8 Å². The number of rotatable bonds is 2.